The van der Waals surface area contributed by atoms with Gasteiger partial charge in [0.15, 0.2) is 0 Å². The molecule has 0 aliphatic heterocycles. The van der Waals surface area contributed by atoms with Crippen LogP contribution in [0.3, 0.4) is 0 Å². The first-order valence-electron chi connectivity index (χ1n) is 10.0. The van der Waals surface area contributed by atoms with Crippen LogP contribution in [-0.4, -0.2) is 15.0 Å². The molecule has 4 aromatic carbocycles. The molecular formula is C24H8F12Ga-. The Kier molecular flexibility index (Phi) is 6.88. The van der Waals surface area contributed by atoms with Crippen LogP contribution in [0.5, 0.6) is 0 Å². The maximum absolute atomic E-state index is 14.4. The van der Waals surface area contributed by atoms with E-state index in [0.717, 1.165) is 0 Å². The van der Waals surface area contributed by atoms with Gasteiger partial charge < -0.3 is 0 Å². The summed E-state index contributed by atoms with van der Waals surface area (Å²) < 4.78 is 167. The van der Waals surface area contributed by atoms with Crippen LogP contribution in [-0.2, 0) is 0 Å². The molecular weight excluding hydrogens is 586 g/mol. The third-order valence-electron chi connectivity index (χ3n) is 6.02. The van der Waals surface area contributed by atoms with E-state index in [4.69, 9.17) is 0 Å². The molecule has 0 aliphatic carbocycles. The van der Waals surface area contributed by atoms with E-state index in [1.54, 1.807) is 0 Å². The molecule has 0 spiro atoms. The standard InChI is InChI=1S/4C6H2F3.Ga/c4*7-4-2-1-3-5(8)6(4)9;/h4*2-3H;/q;;;;-1. The predicted octanol–water partition coefficient (Wildman–Crippen LogP) is 4.73. The summed E-state index contributed by atoms with van der Waals surface area (Å²) in [5, 5.41) is 0. The molecule has 0 saturated heterocycles. The zero-order valence-corrected chi connectivity index (χ0v) is 20.2. The summed E-state index contributed by atoms with van der Waals surface area (Å²) in [6.45, 7) is 0. The fourth-order valence-corrected chi connectivity index (χ4v) is 16.0. The van der Waals surface area contributed by atoms with Crippen molar-refractivity contribution in [2.75, 3.05) is 0 Å². The first-order valence-corrected chi connectivity index (χ1v) is 14.9. The number of halogens is 12. The molecule has 0 N–H and O–H groups in total. The second-order valence-electron chi connectivity index (χ2n) is 8.06. The van der Waals surface area contributed by atoms with Crippen molar-refractivity contribution >= 4 is 31.5 Å². The van der Waals surface area contributed by atoms with Crippen molar-refractivity contribution in [2.24, 2.45) is 0 Å². The Bertz CT molecular complexity index is 1240. The van der Waals surface area contributed by atoms with E-state index < -0.39 is 101 Å². The van der Waals surface area contributed by atoms with Gasteiger partial charge in [-0.1, -0.05) is 0 Å². The Labute approximate surface area is 202 Å². The van der Waals surface area contributed by atoms with Crippen LogP contribution in [0, 0.1) is 69.8 Å². The van der Waals surface area contributed by atoms with Crippen LogP contribution in [0.2, 0.25) is 0 Å². The Morgan fingerprint density at radius 3 is 0.541 bits per heavy atom. The Morgan fingerprint density at radius 1 is 0.270 bits per heavy atom. The SMILES string of the molecule is Fc1c[c]([Ga-]([c]2cc(F)c(F)c(F)c2)([c]2cc(F)c(F)c(F)c2)[c]2cc(F)c(F)c(F)c2)cc(F)c1F. The van der Waals surface area contributed by atoms with E-state index in [-0.39, 0.29) is 48.5 Å². The van der Waals surface area contributed by atoms with Crippen LogP contribution in [0.25, 0.3) is 0 Å². The van der Waals surface area contributed by atoms with Crippen LogP contribution in [0.1, 0.15) is 0 Å². The summed E-state index contributed by atoms with van der Waals surface area (Å²) in [7, 11) is 0. The molecule has 0 fully saturated rings. The number of hydrogen-bond donors (Lipinski definition) is 0. The minimum atomic E-state index is -6.25. The Balaban J connectivity index is 2.33. The van der Waals surface area contributed by atoms with E-state index in [2.05, 4.69) is 0 Å². The number of benzene rings is 4. The first kappa shape index (κ1) is 26.7. The van der Waals surface area contributed by atoms with Gasteiger partial charge in [-0.25, -0.2) is 0 Å². The third-order valence-corrected chi connectivity index (χ3v) is 17.2. The van der Waals surface area contributed by atoms with Gasteiger partial charge in [0.1, 0.15) is 0 Å². The Morgan fingerprint density at radius 2 is 0.405 bits per heavy atom. The van der Waals surface area contributed by atoms with Crippen molar-refractivity contribution in [1.29, 1.82) is 0 Å². The molecule has 13 heteroatoms. The molecule has 0 heterocycles. The summed E-state index contributed by atoms with van der Waals surface area (Å²) in [5.41, 5.74) is 0. The van der Waals surface area contributed by atoms with Crippen LogP contribution in [0.4, 0.5) is 52.7 Å². The van der Waals surface area contributed by atoms with Gasteiger partial charge in [0.25, 0.3) is 0 Å². The molecule has 0 radical (unpaired) electrons. The molecule has 4 rings (SSSR count). The summed E-state index contributed by atoms with van der Waals surface area (Å²) in [6.07, 6.45) is 0. The second-order valence-corrected chi connectivity index (χ2v) is 17.3. The molecule has 192 valence electrons. The fourth-order valence-electron chi connectivity index (χ4n) is 4.46. The number of hydrogen-bond acceptors (Lipinski definition) is 0. The van der Waals surface area contributed by atoms with E-state index in [1.807, 2.05) is 0 Å². The van der Waals surface area contributed by atoms with Gasteiger partial charge in [0.2, 0.25) is 0 Å². The van der Waals surface area contributed by atoms with Crippen LogP contribution < -0.4 is 16.5 Å². The topological polar surface area (TPSA) is 0 Å². The van der Waals surface area contributed by atoms with Gasteiger partial charge in [-0.2, -0.15) is 0 Å². The quantitative estimate of drug-likeness (QED) is 0.182. The number of rotatable bonds is 4. The molecule has 0 amide bonds. The molecule has 0 atom stereocenters. The van der Waals surface area contributed by atoms with E-state index >= 15 is 0 Å². The fraction of sp³-hybridized carbons (Fsp3) is 0. The van der Waals surface area contributed by atoms with Crippen molar-refractivity contribution in [2.45, 2.75) is 0 Å². The molecule has 0 aliphatic rings. The van der Waals surface area contributed by atoms with Crippen molar-refractivity contribution in [3.63, 3.8) is 0 Å². The van der Waals surface area contributed by atoms with Gasteiger partial charge in [-0.05, 0) is 0 Å². The van der Waals surface area contributed by atoms with Crippen molar-refractivity contribution in [1.82, 2.24) is 0 Å². The summed E-state index contributed by atoms with van der Waals surface area (Å²) in [5.74, 6) is -23.6. The van der Waals surface area contributed by atoms with Gasteiger partial charge >= 0.3 is 203 Å². The van der Waals surface area contributed by atoms with E-state index in [9.17, 15) is 52.7 Å². The van der Waals surface area contributed by atoms with E-state index in [0.29, 0.717) is 0 Å². The summed E-state index contributed by atoms with van der Waals surface area (Å²) in [4.78, 5) is 0. The average Bonchev–Trinajstić information content (AvgIpc) is 2.83. The molecule has 0 bridgehead atoms. The molecule has 0 nitrogen and oxygen atoms in total. The molecule has 0 unspecified atom stereocenters. The summed E-state index contributed by atoms with van der Waals surface area (Å²) in [6, 6.07) is 1.91. The monoisotopic (exact) mass is 593 g/mol. The minimum absolute atomic E-state index is 0.239. The zero-order valence-electron chi connectivity index (χ0n) is 17.7. The van der Waals surface area contributed by atoms with Crippen LogP contribution in [0.15, 0.2) is 48.5 Å². The first-order chi connectivity index (χ1) is 17.3. The van der Waals surface area contributed by atoms with Crippen molar-refractivity contribution < 1.29 is 52.7 Å². The third kappa shape index (κ3) is 4.29. The molecule has 37 heavy (non-hydrogen) atoms. The molecule has 4 aromatic rings. The van der Waals surface area contributed by atoms with Crippen molar-refractivity contribution in [3.8, 4) is 0 Å². The average molecular weight is 594 g/mol. The maximum atomic E-state index is 14.4. The summed E-state index contributed by atoms with van der Waals surface area (Å²) >= 11 is -6.25. The molecule has 0 saturated carbocycles. The molecule has 0 aromatic heterocycles. The second kappa shape index (κ2) is 9.52. The van der Waals surface area contributed by atoms with Crippen LogP contribution >= 0.6 is 0 Å². The predicted molar refractivity (Wildman–Crippen MR) is 110 cm³/mol. The normalized spacial score (nSPS) is 11.8. The van der Waals surface area contributed by atoms with Gasteiger partial charge in [-0.3, -0.25) is 0 Å². The van der Waals surface area contributed by atoms with Crippen molar-refractivity contribution in [3.05, 3.63) is 118 Å². The zero-order chi connectivity index (χ0) is 27.4. The van der Waals surface area contributed by atoms with E-state index in [1.165, 1.54) is 0 Å². The van der Waals surface area contributed by atoms with Gasteiger partial charge in [0, 0.05) is 0 Å². The van der Waals surface area contributed by atoms with Gasteiger partial charge in [0.05, 0.1) is 0 Å². The van der Waals surface area contributed by atoms with Gasteiger partial charge in [-0.15, -0.1) is 0 Å². The Hall–Kier alpha value is -3.32.